The SMILES string of the molecule is CC[C@H](C(=O)N[C@@H](C)CC)N(CCc1ccccc1)C(=O)CN(c1ccc(C)c(Cl)c1)S(C)(=O)=O. The lowest BCUT2D eigenvalue weighted by molar-refractivity contribution is -0.139. The predicted molar refractivity (Wildman–Crippen MR) is 142 cm³/mol. The van der Waals surface area contributed by atoms with Gasteiger partial charge in [0.25, 0.3) is 0 Å². The first-order chi connectivity index (χ1) is 16.5. The van der Waals surface area contributed by atoms with Crippen molar-refractivity contribution in [3.05, 3.63) is 64.7 Å². The number of halogens is 1. The Balaban J connectivity index is 2.38. The second kappa shape index (κ2) is 12.9. The number of nitrogens with one attached hydrogen (secondary N) is 1. The number of nitrogens with zero attached hydrogens (tertiary/aromatic N) is 2. The molecule has 2 aromatic carbocycles. The second-order valence-electron chi connectivity index (χ2n) is 8.77. The molecule has 2 rings (SSSR count). The molecule has 0 saturated heterocycles. The van der Waals surface area contributed by atoms with E-state index in [2.05, 4.69) is 5.32 Å². The number of amides is 2. The third-order valence-corrected chi connectivity index (χ3v) is 7.54. The molecule has 0 bridgehead atoms. The normalized spacial score (nSPS) is 13.1. The van der Waals surface area contributed by atoms with Crippen molar-refractivity contribution in [1.82, 2.24) is 10.2 Å². The minimum atomic E-state index is -3.79. The van der Waals surface area contributed by atoms with Crippen LogP contribution in [0.25, 0.3) is 0 Å². The van der Waals surface area contributed by atoms with Gasteiger partial charge in [-0.1, -0.05) is 61.8 Å². The smallest absolute Gasteiger partial charge is 0.244 e. The molecule has 0 aliphatic carbocycles. The zero-order valence-electron chi connectivity index (χ0n) is 21.1. The van der Waals surface area contributed by atoms with Crippen LogP contribution in [0.2, 0.25) is 5.02 Å². The summed E-state index contributed by atoms with van der Waals surface area (Å²) in [5.74, 6) is -0.693. The molecule has 0 aliphatic heterocycles. The molecule has 9 heteroatoms. The molecule has 0 aliphatic rings. The largest absolute Gasteiger partial charge is 0.352 e. The topological polar surface area (TPSA) is 86.8 Å². The minimum absolute atomic E-state index is 0.0372. The molecule has 35 heavy (non-hydrogen) atoms. The molecule has 7 nitrogen and oxygen atoms in total. The highest BCUT2D eigenvalue weighted by atomic mass is 35.5. The van der Waals surface area contributed by atoms with Gasteiger partial charge in [0, 0.05) is 17.6 Å². The lowest BCUT2D eigenvalue weighted by Crippen LogP contribution is -2.54. The maximum absolute atomic E-state index is 13.6. The van der Waals surface area contributed by atoms with Crippen molar-refractivity contribution in [1.29, 1.82) is 0 Å². The molecule has 1 N–H and O–H groups in total. The van der Waals surface area contributed by atoms with E-state index in [9.17, 15) is 18.0 Å². The van der Waals surface area contributed by atoms with Crippen molar-refractivity contribution < 1.29 is 18.0 Å². The number of benzene rings is 2. The van der Waals surface area contributed by atoms with Crippen LogP contribution < -0.4 is 9.62 Å². The van der Waals surface area contributed by atoms with Crippen molar-refractivity contribution in [2.24, 2.45) is 0 Å². The fourth-order valence-electron chi connectivity index (χ4n) is 3.69. The summed E-state index contributed by atoms with van der Waals surface area (Å²) in [7, 11) is -3.79. The van der Waals surface area contributed by atoms with Gasteiger partial charge in [0.1, 0.15) is 12.6 Å². The Morgan fingerprint density at radius 2 is 1.71 bits per heavy atom. The van der Waals surface area contributed by atoms with Gasteiger partial charge in [0.05, 0.1) is 11.9 Å². The maximum atomic E-state index is 13.6. The van der Waals surface area contributed by atoms with Crippen LogP contribution in [0, 0.1) is 6.92 Å². The molecule has 2 atom stereocenters. The molecular weight excluding hydrogens is 486 g/mol. The summed E-state index contributed by atoms with van der Waals surface area (Å²) in [6.45, 7) is 7.39. The average molecular weight is 522 g/mol. The summed E-state index contributed by atoms with van der Waals surface area (Å²) in [5, 5.41) is 3.37. The van der Waals surface area contributed by atoms with Crippen LogP contribution in [0.15, 0.2) is 48.5 Å². The van der Waals surface area contributed by atoms with Gasteiger partial charge in [-0.25, -0.2) is 8.42 Å². The summed E-state index contributed by atoms with van der Waals surface area (Å²) in [4.78, 5) is 28.2. The standard InChI is InChI=1S/C26H36ClN3O4S/c1-6-20(4)28-26(32)24(7-2)29(16-15-21-11-9-8-10-12-21)25(31)18-30(35(5,33)34)22-14-13-19(3)23(27)17-22/h8-14,17,20,24H,6-7,15-16,18H2,1-5H3,(H,28,32)/t20-,24+/m0/s1. The molecule has 0 unspecified atom stereocenters. The van der Waals surface area contributed by atoms with E-state index < -0.39 is 28.5 Å². The summed E-state index contributed by atoms with van der Waals surface area (Å²) in [5.41, 5.74) is 2.12. The number of carbonyl (C=O) groups excluding carboxylic acids is 2. The van der Waals surface area contributed by atoms with Crippen LogP contribution in [0.3, 0.4) is 0 Å². The van der Waals surface area contributed by atoms with E-state index >= 15 is 0 Å². The number of anilines is 1. The Hall–Kier alpha value is -2.58. The van der Waals surface area contributed by atoms with Gasteiger partial charge in [0.2, 0.25) is 21.8 Å². The van der Waals surface area contributed by atoms with Crippen LogP contribution in [0.5, 0.6) is 0 Å². The number of hydrogen-bond acceptors (Lipinski definition) is 4. The van der Waals surface area contributed by atoms with Crippen LogP contribution >= 0.6 is 11.6 Å². The van der Waals surface area contributed by atoms with Gasteiger partial charge in [-0.3, -0.25) is 13.9 Å². The third kappa shape index (κ3) is 8.25. The Labute approximate surface area is 214 Å². The Kier molecular flexibility index (Phi) is 10.6. The predicted octanol–water partition coefficient (Wildman–Crippen LogP) is 4.18. The summed E-state index contributed by atoms with van der Waals surface area (Å²) < 4.78 is 26.3. The van der Waals surface area contributed by atoms with Crippen molar-refractivity contribution in [2.45, 2.75) is 59.0 Å². The van der Waals surface area contributed by atoms with E-state index in [1.54, 1.807) is 12.1 Å². The second-order valence-corrected chi connectivity index (χ2v) is 11.1. The lowest BCUT2D eigenvalue weighted by atomic mass is 10.1. The van der Waals surface area contributed by atoms with Gasteiger partial charge < -0.3 is 10.2 Å². The zero-order valence-corrected chi connectivity index (χ0v) is 22.7. The number of rotatable bonds is 12. The first kappa shape index (κ1) is 28.7. The molecule has 0 radical (unpaired) electrons. The monoisotopic (exact) mass is 521 g/mol. The van der Waals surface area contributed by atoms with E-state index in [4.69, 9.17) is 11.6 Å². The number of hydrogen-bond donors (Lipinski definition) is 1. The Morgan fingerprint density at radius 3 is 2.26 bits per heavy atom. The zero-order chi connectivity index (χ0) is 26.2. The van der Waals surface area contributed by atoms with Crippen LogP contribution in [0.1, 0.15) is 44.7 Å². The highest BCUT2D eigenvalue weighted by Gasteiger charge is 2.31. The highest BCUT2D eigenvalue weighted by molar-refractivity contribution is 7.92. The fourth-order valence-corrected chi connectivity index (χ4v) is 4.70. The number of aryl methyl sites for hydroxylation is 1. The van der Waals surface area contributed by atoms with Gasteiger partial charge in [0.15, 0.2) is 0 Å². The third-order valence-electron chi connectivity index (χ3n) is 5.99. The van der Waals surface area contributed by atoms with Crippen LogP contribution in [0.4, 0.5) is 5.69 Å². The molecule has 0 fully saturated rings. The van der Waals surface area contributed by atoms with E-state index in [-0.39, 0.29) is 18.5 Å². The molecule has 0 saturated carbocycles. The molecule has 192 valence electrons. The van der Waals surface area contributed by atoms with Crippen molar-refractivity contribution in [3.8, 4) is 0 Å². The first-order valence-electron chi connectivity index (χ1n) is 11.9. The highest BCUT2D eigenvalue weighted by Crippen LogP contribution is 2.25. The van der Waals surface area contributed by atoms with Gasteiger partial charge in [-0.05, 0) is 56.4 Å². The first-order valence-corrected chi connectivity index (χ1v) is 14.1. The van der Waals surface area contributed by atoms with E-state index in [0.717, 1.165) is 28.1 Å². The van der Waals surface area contributed by atoms with Gasteiger partial charge >= 0.3 is 0 Å². The number of sulfonamides is 1. The average Bonchev–Trinajstić information content (AvgIpc) is 2.81. The molecule has 2 aromatic rings. The lowest BCUT2D eigenvalue weighted by Gasteiger charge is -2.33. The molecular formula is C26H36ClN3O4S. The van der Waals surface area contributed by atoms with E-state index in [1.807, 2.05) is 58.0 Å². The molecule has 2 amide bonds. The van der Waals surface area contributed by atoms with Crippen LogP contribution in [-0.4, -0.2) is 56.6 Å². The molecule has 0 spiro atoms. The van der Waals surface area contributed by atoms with Crippen molar-refractivity contribution >= 4 is 39.1 Å². The summed E-state index contributed by atoms with van der Waals surface area (Å²) in [6.07, 6.45) is 2.75. The summed E-state index contributed by atoms with van der Waals surface area (Å²) in [6, 6.07) is 13.8. The molecule has 0 heterocycles. The Morgan fingerprint density at radius 1 is 1.06 bits per heavy atom. The summed E-state index contributed by atoms with van der Waals surface area (Å²) >= 11 is 6.23. The van der Waals surface area contributed by atoms with Crippen molar-refractivity contribution in [3.63, 3.8) is 0 Å². The quantitative estimate of drug-likeness (QED) is 0.454. The van der Waals surface area contributed by atoms with Crippen molar-refractivity contribution in [2.75, 3.05) is 23.7 Å². The number of carbonyl (C=O) groups is 2. The maximum Gasteiger partial charge on any atom is 0.244 e. The molecule has 0 aromatic heterocycles. The fraction of sp³-hybridized carbons (Fsp3) is 0.462. The van der Waals surface area contributed by atoms with E-state index in [0.29, 0.717) is 23.6 Å². The minimum Gasteiger partial charge on any atom is -0.352 e. The van der Waals surface area contributed by atoms with Gasteiger partial charge in [-0.15, -0.1) is 0 Å². The van der Waals surface area contributed by atoms with Gasteiger partial charge in [-0.2, -0.15) is 0 Å². The Bertz CT molecular complexity index is 1110. The van der Waals surface area contributed by atoms with E-state index in [1.165, 1.54) is 11.0 Å². The van der Waals surface area contributed by atoms with Crippen LogP contribution in [-0.2, 0) is 26.0 Å².